The van der Waals surface area contributed by atoms with Crippen molar-refractivity contribution in [3.63, 3.8) is 0 Å². The highest BCUT2D eigenvalue weighted by molar-refractivity contribution is 5.29. The SMILES string of the molecule is CCNc1nc(Cc2ccncc2)nc(-n2cccn2)n1. The third-order valence-electron chi connectivity index (χ3n) is 2.83. The smallest absolute Gasteiger partial charge is 0.255 e. The summed E-state index contributed by atoms with van der Waals surface area (Å²) in [6, 6.07) is 5.73. The average Bonchev–Trinajstić information content (AvgIpc) is 3.03. The summed E-state index contributed by atoms with van der Waals surface area (Å²) >= 11 is 0. The van der Waals surface area contributed by atoms with E-state index in [0.717, 1.165) is 12.1 Å². The molecule has 0 aliphatic carbocycles. The van der Waals surface area contributed by atoms with E-state index in [0.29, 0.717) is 24.1 Å². The first-order valence-electron chi connectivity index (χ1n) is 6.73. The van der Waals surface area contributed by atoms with Crippen molar-refractivity contribution in [2.24, 2.45) is 0 Å². The molecule has 0 aliphatic rings. The van der Waals surface area contributed by atoms with Gasteiger partial charge in [-0.3, -0.25) is 4.98 Å². The summed E-state index contributed by atoms with van der Waals surface area (Å²) in [6.07, 6.45) is 7.64. The lowest BCUT2D eigenvalue weighted by Gasteiger charge is -2.07. The van der Waals surface area contributed by atoms with E-state index in [1.807, 2.05) is 25.1 Å². The highest BCUT2D eigenvalue weighted by Gasteiger charge is 2.08. The van der Waals surface area contributed by atoms with E-state index in [-0.39, 0.29) is 0 Å². The first-order chi connectivity index (χ1) is 10.3. The van der Waals surface area contributed by atoms with Crippen LogP contribution in [-0.2, 0) is 6.42 Å². The van der Waals surface area contributed by atoms with E-state index in [1.165, 1.54) is 0 Å². The number of hydrogen-bond acceptors (Lipinski definition) is 6. The van der Waals surface area contributed by atoms with Gasteiger partial charge in [-0.05, 0) is 30.7 Å². The van der Waals surface area contributed by atoms with Crippen molar-refractivity contribution in [2.45, 2.75) is 13.3 Å². The molecule has 0 fully saturated rings. The van der Waals surface area contributed by atoms with Gasteiger partial charge in [0, 0.05) is 37.8 Å². The van der Waals surface area contributed by atoms with Gasteiger partial charge in [0.05, 0.1) is 0 Å². The highest BCUT2D eigenvalue weighted by atomic mass is 15.4. The van der Waals surface area contributed by atoms with Gasteiger partial charge in [0.1, 0.15) is 5.82 Å². The fourth-order valence-electron chi connectivity index (χ4n) is 1.90. The molecule has 0 aromatic carbocycles. The molecule has 1 N–H and O–H groups in total. The molecule has 0 radical (unpaired) electrons. The van der Waals surface area contributed by atoms with Crippen molar-refractivity contribution in [3.05, 3.63) is 54.4 Å². The molecule has 3 heterocycles. The molecule has 106 valence electrons. The third-order valence-corrected chi connectivity index (χ3v) is 2.83. The van der Waals surface area contributed by atoms with Gasteiger partial charge in [-0.15, -0.1) is 0 Å². The number of rotatable bonds is 5. The molecular formula is C14H15N7. The van der Waals surface area contributed by atoms with Gasteiger partial charge in [0.25, 0.3) is 5.95 Å². The molecule has 0 unspecified atom stereocenters. The van der Waals surface area contributed by atoms with E-state index < -0.39 is 0 Å². The van der Waals surface area contributed by atoms with Crippen LogP contribution in [0.25, 0.3) is 5.95 Å². The minimum Gasteiger partial charge on any atom is -0.354 e. The maximum absolute atomic E-state index is 4.47. The molecule has 7 heteroatoms. The molecule has 0 aliphatic heterocycles. The largest absolute Gasteiger partial charge is 0.354 e. The Morgan fingerprint density at radius 3 is 2.67 bits per heavy atom. The Labute approximate surface area is 122 Å². The lowest BCUT2D eigenvalue weighted by Crippen LogP contribution is -2.12. The number of aromatic nitrogens is 6. The summed E-state index contributed by atoms with van der Waals surface area (Å²) in [6.45, 7) is 2.75. The van der Waals surface area contributed by atoms with Crippen LogP contribution in [0.1, 0.15) is 18.3 Å². The van der Waals surface area contributed by atoms with Crippen LogP contribution in [-0.4, -0.2) is 36.3 Å². The van der Waals surface area contributed by atoms with Crippen LogP contribution in [0.2, 0.25) is 0 Å². The van der Waals surface area contributed by atoms with Crippen LogP contribution in [0.4, 0.5) is 5.95 Å². The van der Waals surface area contributed by atoms with Gasteiger partial charge in [0.15, 0.2) is 0 Å². The van der Waals surface area contributed by atoms with E-state index in [4.69, 9.17) is 0 Å². The zero-order valence-corrected chi connectivity index (χ0v) is 11.6. The Kier molecular flexibility index (Phi) is 3.81. The van der Waals surface area contributed by atoms with Gasteiger partial charge >= 0.3 is 0 Å². The van der Waals surface area contributed by atoms with E-state index in [2.05, 4.69) is 30.4 Å². The molecule has 0 saturated carbocycles. The van der Waals surface area contributed by atoms with E-state index >= 15 is 0 Å². The van der Waals surface area contributed by atoms with Crippen molar-refractivity contribution in [2.75, 3.05) is 11.9 Å². The second-order valence-electron chi connectivity index (χ2n) is 4.39. The predicted octanol–water partition coefficient (Wildman–Crippen LogP) is 1.47. The second-order valence-corrected chi connectivity index (χ2v) is 4.39. The Morgan fingerprint density at radius 2 is 1.95 bits per heavy atom. The van der Waals surface area contributed by atoms with Crippen LogP contribution in [0.15, 0.2) is 43.0 Å². The lowest BCUT2D eigenvalue weighted by molar-refractivity contribution is 0.773. The normalized spacial score (nSPS) is 10.5. The molecule has 0 bridgehead atoms. The molecule has 21 heavy (non-hydrogen) atoms. The van der Waals surface area contributed by atoms with Crippen LogP contribution < -0.4 is 5.32 Å². The number of nitrogens with one attached hydrogen (secondary N) is 1. The summed E-state index contributed by atoms with van der Waals surface area (Å²) in [7, 11) is 0. The number of hydrogen-bond donors (Lipinski definition) is 1. The van der Waals surface area contributed by atoms with E-state index in [1.54, 1.807) is 29.5 Å². The summed E-state index contributed by atoms with van der Waals surface area (Å²) in [5.74, 6) is 1.76. The maximum Gasteiger partial charge on any atom is 0.255 e. The minimum atomic E-state index is 0.509. The number of anilines is 1. The van der Waals surface area contributed by atoms with Crippen LogP contribution in [0, 0.1) is 0 Å². The molecule has 7 nitrogen and oxygen atoms in total. The lowest BCUT2D eigenvalue weighted by atomic mass is 10.2. The molecule has 3 rings (SSSR count). The molecule has 0 spiro atoms. The van der Waals surface area contributed by atoms with Crippen molar-refractivity contribution in [1.29, 1.82) is 0 Å². The first kappa shape index (κ1) is 13.2. The molecule has 0 saturated heterocycles. The van der Waals surface area contributed by atoms with Crippen LogP contribution >= 0.6 is 0 Å². The first-order valence-corrected chi connectivity index (χ1v) is 6.73. The monoisotopic (exact) mass is 281 g/mol. The Morgan fingerprint density at radius 1 is 1.10 bits per heavy atom. The molecule has 3 aromatic rings. The zero-order valence-electron chi connectivity index (χ0n) is 11.6. The molecule has 0 atom stereocenters. The minimum absolute atomic E-state index is 0.509. The fourth-order valence-corrected chi connectivity index (χ4v) is 1.90. The Hall–Kier alpha value is -2.83. The van der Waals surface area contributed by atoms with Crippen molar-refractivity contribution >= 4 is 5.95 Å². The third kappa shape index (κ3) is 3.19. The highest BCUT2D eigenvalue weighted by Crippen LogP contribution is 2.09. The summed E-state index contributed by atoms with van der Waals surface area (Å²) in [5, 5.41) is 7.28. The second kappa shape index (κ2) is 6.08. The summed E-state index contributed by atoms with van der Waals surface area (Å²) in [5.41, 5.74) is 1.10. The van der Waals surface area contributed by atoms with Gasteiger partial charge in [-0.1, -0.05) is 0 Å². The van der Waals surface area contributed by atoms with E-state index in [9.17, 15) is 0 Å². The summed E-state index contributed by atoms with van der Waals surface area (Å²) in [4.78, 5) is 17.3. The van der Waals surface area contributed by atoms with Gasteiger partial charge in [-0.25, -0.2) is 4.68 Å². The summed E-state index contributed by atoms with van der Waals surface area (Å²) < 4.78 is 1.62. The van der Waals surface area contributed by atoms with Crippen molar-refractivity contribution in [3.8, 4) is 5.95 Å². The van der Waals surface area contributed by atoms with Crippen LogP contribution in [0.3, 0.4) is 0 Å². The quantitative estimate of drug-likeness (QED) is 0.762. The maximum atomic E-state index is 4.47. The predicted molar refractivity (Wildman–Crippen MR) is 78.2 cm³/mol. The molecular weight excluding hydrogens is 266 g/mol. The Bertz CT molecular complexity index is 695. The van der Waals surface area contributed by atoms with Crippen molar-refractivity contribution < 1.29 is 0 Å². The number of nitrogens with zero attached hydrogens (tertiary/aromatic N) is 6. The molecule has 0 amide bonds. The fraction of sp³-hybridized carbons (Fsp3) is 0.214. The van der Waals surface area contributed by atoms with Gasteiger partial charge in [0.2, 0.25) is 5.95 Å². The standard InChI is InChI=1S/C14H15N7/c1-2-16-13-18-12(10-11-4-7-15-8-5-11)19-14(20-13)21-9-3-6-17-21/h3-9H,2,10H2,1H3,(H,16,18,19,20). The number of pyridine rings is 1. The van der Waals surface area contributed by atoms with Crippen LogP contribution in [0.5, 0.6) is 0 Å². The Balaban J connectivity index is 1.95. The zero-order chi connectivity index (χ0) is 14.5. The van der Waals surface area contributed by atoms with Crippen molar-refractivity contribution in [1.82, 2.24) is 29.7 Å². The topological polar surface area (TPSA) is 81.4 Å². The van der Waals surface area contributed by atoms with Gasteiger partial charge in [-0.2, -0.15) is 20.1 Å². The van der Waals surface area contributed by atoms with Gasteiger partial charge < -0.3 is 5.32 Å². The molecule has 3 aromatic heterocycles. The average molecular weight is 281 g/mol.